The van der Waals surface area contributed by atoms with Crippen LogP contribution >= 0.6 is 0 Å². The van der Waals surface area contributed by atoms with Gasteiger partial charge in [0.25, 0.3) is 5.91 Å². The Balaban J connectivity index is 1.74. The molecule has 0 atom stereocenters. The van der Waals surface area contributed by atoms with Crippen molar-refractivity contribution in [3.8, 4) is 11.3 Å². The van der Waals surface area contributed by atoms with Crippen LogP contribution < -0.4 is 16.2 Å². The molecule has 0 aromatic carbocycles. The van der Waals surface area contributed by atoms with Gasteiger partial charge in [-0.25, -0.2) is 20.3 Å². The molecule has 4 N–H and O–H groups in total. The summed E-state index contributed by atoms with van der Waals surface area (Å²) >= 11 is 0. The van der Waals surface area contributed by atoms with Gasteiger partial charge in [-0.2, -0.15) is 5.10 Å². The lowest BCUT2D eigenvalue weighted by atomic mass is 10.1. The second-order valence-corrected chi connectivity index (χ2v) is 7.38. The van der Waals surface area contributed by atoms with Gasteiger partial charge in [-0.15, -0.1) is 10.2 Å². The molecule has 3 rings (SSSR count). The Morgan fingerprint density at radius 2 is 1.93 bits per heavy atom. The van der Waals surface area contributed by atoms with Gasteiger partial charge < -0.3 is 5.11 Å². The van der Waals surface area contributed by atoms with Crippen molar-refractivity contribution >= 4 is 17.8 Å². The second kappa shape index (κ2) is 8.21. The number of anilines is 1. The first-order chi connectivity index (χ1) is 14.2. The number of aromatic nitrogens is 6. The number of carboxylic acid groups (broad SMARTS) is 1. The van der Waals surface area contributed by atoms with E-state index in [1.54, 1.807) is 56.0 Å². The molecule has 0 bridgehead atoms. The van der Waals surface area contributed by atoms with Crippen molar-refractivity contribution in [2.45, 2.75) is 32.9 Å². The Labute approximate surface area is 171 Å². The van der Waals surface area contributed by atoms with Crippen LogP contribution in [-0.2, 0) is 6.54 Å². The Bertz CT molecular complexity index is 1040. The van der Waals surface area contributed by atoms with E-state index < -0.39 is 17.5 Å². The molecule has 0 aliphatic rings. The number of nitrogens with zero attached hydrogens (tertiary/aromatic N) is 7. The molecule has 0 unspecified atom stereocenters. The third-order valence-electron chi connectivity index (χ3n) is 4.08. The zero-order valence-corrected chi connectivity index (χ0v) is 16.6. The minimum Gasteiger partial charge on any atom is -0.465 e. The van der Waals surface area contributed by atoms with Crippen LogP contribution in [0.5, 0.6) is 0 Å². The van der Waals surface area contributed by atoms with Crippen LogP contribution in [0.4, 0.5) is 10.6 Å². The van der Waals surface area contributed by atoms with E-state index in [4.69, 9.17) is 5.84 Å². The zero-order chi connectivity index (χ0) is 21.9. The topological polar surface area (TPSA) is 165 Å². The number of carbonyl (C=O) groups excluding carboxylic acids is 1. The third kappa shape index (κ3) is 4.55. The highest BCUT2D eigenvalue weighted by Crippen LogP contribution is 2.24. The van der Waals surface area contributed by atoms with Gasteiger partial charge in [-0.05, 0) is 45.0 Å². The maximum atomic E-state index is 11.6. The summed E-state index contributed by atoms with van der Waals surface area (Å²) in [5.74, 6) is 4.85. The first kappa shape index (κ1) is 20.8. The first-order valence-electron chi connectivity index (χ1n) is 8.92. The molecular weight excluding hydrogens is 390 g/mol. The van der Waals surface area contributed by atoms with Gasteiger partial charge in [-0.1, -0.05) is 5.21 Å². The molecule has 0 spiro atoms. The zero-order valence-electron chi connectivity index (χ0n) is 16.6. The molecule has 0 aliphatic heterocycles. The van der Waals surface area contributed by atoms with Gasteiger partial charge >= 0.3 is 6.09 Å². The number of amides is 2. The van der Waals surface area contributed by atoms with Gasteiger partial charge in [0.15, 0.2) is 5.69 Å². The molecule has 0 saturated carbocycles. The molecule has 12 nitrogen and oxygen atoms in total. The smallest absolute Gasteiger partial charge is 0.413 e. The molecule has 0 aliphatic carbocycles. The molecule has 30 heavy (non-hydrogen) atoms. The molecule has 3 aromatic rings. The van der Waals surface area contributed by atoms with Gasteiger partial charge in [0.1, 0.15) is 11.5 Å². The van der Waals surface area contributed by atoms with Crippen LogP contribution in [0.15, 0.2) is 36.7 Å². The summed E-state index contributed by atoms with van der Waals surface area (Å²) in [6, 6.07) is 6.51. The summed E-state index contributed by atoms with van der Waals surface area (Å²) in [4.78, 5) is 28.4. The molecule has 156 valence electrons. The van der Waals surface area contributed by atoms with Crippen molar-refractivity contribution in [1.82, 2.24) is 35.6 Å². The molecular formula is C18H21N9O3. The molecule has 0 radical (unpaired) electrons. The highest BCUT2D eigenvalue weighted by molar-refractivity contribution is 5.91. The number of pyridine rings is 1. The number of hydrogen-bond acceptors (Lipinski definition) is 8. The van der Waals surface area contributed by atoms with E-state index in [1.165, 1.54) is 11.0 Å². The predicted octanol–water partition coefficient (Wildman–Crippen LogP) is 1.06. The van der Waals surface area contributed by atoms with Crippen LogP contribution in [0.25, 0.3) is 11.3 Å². The number of carbonyl (C=O) groups is 2. The lowest BCUT2D eigenvalue weighted by Gasteiger charge is -2.32. The molecule has 2 amide bonds. The van der Waals surface area contributed by atoms with Crippen LogP contribution in [0.3, 0.4) is 0 Å². The Morgan fingerprint density at radius 1 is 1.17 bits per heavy atom. The minimum atomic E-state index is -1.08. The van der Waals surface area contributed by atoms with E-state index in [1.807, 2.05) is 5.43 Å². The third-order valence-corrected chi connectivity index (χ3v) is 4.08. The van der Waals surface area contributed by atoms with Gasteiger partial charge in [0, 0.05) is 17.3 Å². The monoisotopic (exact) mass is 411 g/mol. The van der Waals surface area contributed by atoms with Gasteiger partial charge in [-0.3, -0.25) is 15.1 Å². The van der Waals surface area contributed by atoms with Crippen molar-refractivity contribution in [1.29, 1.82) is 0 Å². The standard InChI is InChI=1S/C18H21N9O3/c1-18(2,3)27(17(29)30)15-7-4-11(8-20-15)14-10-26(25-24-14)9-12-5-6-13(23-22-12)16(28)21-19/h4-8,10H,9,19H2,1-3H3,(H,21,28)(H,29,30). The van der Waals surface area contributed by atoms with Crippen LogP contribution in [0.1, 0.15) is 37.0 Å². The van der Waals surface area contributed by atoms with Crippen LogP contribution in [0.2, 0.25) is 0 Å². The number of hydrazine groups is 1. The van der Waals surface area contributed by atoms with E-state index >= 15 is 0 Å². The quantitative estimate of drug-likeness (QED) is 0.316. The van der Waals surface area contributed by atoms with Crippen LogP contribution in [0, 0.1) is 0 Å². The van der Waals surface area contributed by atoms with E-state index in [0.29, 0.717) is 29.3 Å². The van der Waals surface area contributed by atoms with E-state index in [9.17, 15) is 14.7 Å². The fourth-order valence-corrected chi connectivity index (χ4v) is 2.71. The lowest BCUT2D eigenvalue weighted by Crippen LogP contribution is -2.45. The Morgan fingerprint density at radius 3 is 2.47 bits per heavy atom. The van der Waals surface area contributed by atoms with Crippen molar-refractivity contribution < 1.29 is 14.7 Å². The lowest BCUT2D eigenvalue weighted by molar-refractivity contribution is 0.0947. The number of nitrogens with one attached hydrogen (secondary N) is 1. The van der Waals surface area contributed by atoms with Crippen molar-refractivity contribution in [2.24, 2.45) is 5.84 Å². The second-order valence-electron chi connectivity index (χ2n) is 7.38. The number of nitrogens with two attached hydrogens (primary N) is 1. The summed E-state index contributed by atoms with van der Waals surface area (Å²) < 4.78 is 1.56. The fraction of sp³-hybridized carbons (Fsp3) is 0.278. The summed E-state index contributed by atoms with van der Waals surface area (Å²) in [5, 5.41) is 25.4. The van der Waals surface area contributed by atoms with E-state index in [-0.39, 0.29) is 5.69 Å². The number of nitrogen functional groups attached to an aromatic ring is 1. The maximum Gasteiger partial charge on any atom is 0.413 e. The molecule has 0 fully saturated rings. The molecule has 3 aromatic heterocycles. The largest absolute Gasteiger partial charge is 0.465 e. The van der Waals surface area contributed by atoms with Gasteiger partial charge in [0.2, 0.25) is 0 Å². The summed E-state index contributed by atoms with van der Waals surface area (Å²) in [5.41, 5.74) is 3.29. The van der Waals surface area contributed by atoms with Crippen molar-refractivity contribution in [3.05, 3.63) is 48.0 Å². The number of hydrogen-bond donors (Lipinski definition) is 3. The molecule has 0 saturated heterocycles. The average molecular weight is 411 g/mol. The minimum absolute atomic E-state index is 0.109. The first-order valence-corrected chi connectivity index (χ1v) is 8.92. The summed E-state index contributed by atoms with van der Waals surface area (Å²) in [6.45, 7) is 5.67. The Kier molecular flexibility index (Phi) is 5.69. The van der Waals surface area contributed by atoms with E-state index in [0.717, 1.165) is 0 Å². The molecule has 12 heteroatoms. The normalized spacial score (nSPS) is 11.2. The predicted molar refractivity (Wildman–Crippen MR) is 106 cm³/mol. The van der Waals surface area contributed by atoms with Gasteiger partial charge in [0.05, 0.1) is 18.4 Å². The van der Waals surface area contributed by atoms with Crippen molar-refractivity contribution in [2.75, 3.05) is 4.90 Å². The maximum absolute atomic E-state index is 11.6. The fourth-order valence-electron chi connectivity index (χ4n) is 2.71. The van der Waals surface area contributed by atoms with Crippen molar-refractivity contribution in [3.63, 3.8) is 0 Å². The van der Waals surface area contributed by atoms with Crippen LogP contribution in [-0.4, -0.2) is 52.8 Å². The SMILES string of the molecule is CC(C)(C)N(C(=O)O)c1ccc(-c2cn(Cc3ccc(C(=O)NN)nn3)nn2)cn1. The average Bonchev–Trinajstić information content (AvgIpc) is 3.15. The highest BCUT2D eigenvalue weighted by Gasteiger charge is 2.28. The summed E-state index contributed by atoms with van der Waals surface area (Å²) in [6.07, 6.45) is 2.17. The highest BCUT2D eigenvalue weighted by atomic mass is 16.4. The van der Waals surface area contributed by atoms with E-state index in [2.05, 4.69) is 25.5 Å². The Hall–Kier alpha value is -3.93. The summed E-state index contributed by atoms with van der Waals surface area (Å²) in [7, 11) is 0. The molecule has 3 heterocycles. The number of rotatable bonds is 5.